The lowest BCUT2D eigenvalue weighted by molar-refractivity contribution is -0.274. The first-order valence-electron chi connectivity index (χ1n) is 14.3. The Morgan fingerprint density at radius 1 is 1.02 bits per heavy atom. The van der Waals surface area contributed by atoms with Crippen LogP contribution >= 0.6 is 0 Å². The molecule has 0 atom stereocenters. The van der Waals surface area contributed by atoms with Crippen molar-refractivity contribution in [3.05, 3.63) is 64.8 Å². The SMILES string of the molecule is CN1CCC(NC(=O)c2ccc(Nc3ncc(C(F)(F)F)c(Oc4cccc5c4C(=O)N(C)C54CC4)n3)c(OC(F)(F)F)c2)CC1. The van der Waals surface area contributed by atoms with Gasteiger partial charge in [-0.3, -0.25) is 9.59 Å². The van der Waals surface area contributed by atoms with Crippen molar-refractivity contribution in [1.29, 1.82) is 0 Å². The zero-order valence-corrected chi connectivity index (χ0v) is 24.6. The number of ether oxygens (including phenoxy) is 2. The van der Waals surface area contributed by atoms with Crippen LogP contribution in [-0.2, 0) is 11.7 Å². The second kappa shape index (κ2) is 11.3. The minimum Gasteiger partial charge on any atom is -0.437 e. The largest absolute Gasteiger partial charge is 0.573 e. The number of piperidine rings is 1. The van der Waals surface area contributed by atoms with Gasteiger partial charge in [0, 0.05) is 24.8 Å². The summed E-state index contributed by atoms with van der Waals surface area (Å²) in [5.74, 6) is -3.56. The predicted octanol–water partition coefficient (Wildman–Crippen LogP) is 5.83. The maximum absolute atomic E-state index is 14.0. The molecule has 2 aromatic carbocycles. The van der Waals surface area contributed by atoms with Gasteiger partial charge in [0.1, 0.15) is 11.3 Å². The highest BCUT2D eigenvalue weighted by atomic mass is 19.4. The molecule has 2 aliphatic heterocycles. The Hall–Kier alpha value is -4.60. The molecule has 3 aromatic rings. The van der Waals surface area contributed by atoms with Crippen LogP contribution in [0.3, 0.4) is 0 Å². The third-order valence-electron chi connectivity index (χ3n) is 8.45. The van der Waals surface area contributed by atoms with Crippen LogP contribution in [0.15, 0.2) is 42.6 Å². The van der Waals surface area contributed by atoms with Gasteiger partial charge in [-0.25, -0.2) is 4.98 Å². The van der Waals surface area contributed by atoms with Crippen molar-refractivity contribution in [2.24, 2.45) is 0 Å². The van der Waals surface area contributed by atoms with Crippen LogP contribution in [0.25, 0.3) is 0 Å². The lowest BCUT2D eigenvalue weighted by atomic mass is 10.0. The summed E-state index contributed by atoms with van der Waals surface area (Å²) in [6.45, 7) is 1.49. The first-order chi connectivity index (χ1) is 21.6. The summed E-state index contributed by atoms with van der Waals surface area (Å²) < 4.78 is 91.7. The van der Waals surface area contributed by atoms with Crippen LogP contribution in [0.5, 0.6) is 17.4 Å². The second-order valence-corrected chi connectivity index (χ2v) is 11.5. The van der Waals surface area contributed by atoms with Crippen molar-refractivity contribution >= 4 is 23.5 Å². The van der Waals surface area contributed by atoms with Gasteiger partial charge in [0.05, 0.1) is 16.8 Å². The number of alkyl halides is 6. The highest BCUT2D eigenvalue weighted by Gasteiger charge is 2.57. The highest BCUT2D eigenvalue weighted by molar-refractivity contribution is 6.03. The number of rotatable bonds is 7. The second-order valence-electron chi connectivity index (χ2n) is 11.5. The number of amides is 2. The van der Waals surface area contributed by atoms with Crippen molar-refractivity contribution in [3.63, 3.8) is 0 Å². The standard InChI is InChI=1S/C30H28F6N6O4/c1-41-12-8-17(9-13-41)38-24(43)16-6-7-20(22(14-16)46-30(34,35)36)39-27-37-15-19(29(31,32)33)25(40-27)45-21-5-3-4-18-23(21)26(44)42(2)28(18)10-11-28/h3-7,14-15,17H,8-13H2,1-2H3,(H,38,43)(H,37,39,40). The summed E-state index contributed by atoms with van der Waals surface area (Å²) in [6, 6.07) is 7.65. The molecule has 2 amide bonds. The minimum absolute atomic E-state index is 0.110. The van der Waals surface area contributed by atoms with Crippen molar-refractivity contribution in [2.45, 2.75) is 49.8 Å². The molecule has 16 heteroatoms. The highest BCUT2D eigenvalue weighted by Crippen LogP contribution is 2.57. The van der Waals surface area contributed by atoms with Crippen molar-refractivity contribution in [2.75, 3.05) is 32.5 Å². The van der Waals surface area contributed by atoms with Gasteiger partial charge in [-0.05, 0) is 75.6 Å². The normalized spacial score (nSPS) is 18.0. The molecule has 46 heavy (non-hydrogen) atoms. The number of aromatic nitrogens is 2. The maximum atomic E-state index is 14.0. The van der Waals surface area contributed by atoms with Crippen LogP contribution in [-0.4, -0.2) is 71.2 Å². The first-order valence-corrected chi connectivity index (χ1v) is 14.3. The Labute approximate surface area is 258 Å². The summed E-state index contributed by atoms with van der Waals surface area (Å²) in [7, 11) is 3.55. The zero-order valence-electron chi connectivity index (χ0n) is 24.6. The van der Waals surface area contributed by atoms with Crippen LogP contribution in [0.1, 0.15) is 57.5 Å². The molecule has 0 radical (unpaired) electrons. The van der Waals surface area contributed by atoms with E-state index in [9.17, 15) is 35.9 Å². The molecule has 2 fully saturated rings. The molecular formula is C30H28F6N6O4. The molecule has 2 N–H and O–H groups in total. The van der Waals surface area contributed by atoms with Gasteiger partial charge in [0.25, 0.3) is 11.8 Å². The number of fused-ring (bicyclic) bond motifs is 2. The van der Waals surface area contributed by atoms with E-state index in [1.165, 1.54) is 17.0 Å². The van der Waals surface area contributed by atoms with Crippen molar-refractivity contribution < 1.29 is 45.4 Å². The summed E-state index contributed by atoms with van der Waals surface area (Å²) in [5, 5.41) is 5.24. The number of anilines is 2. The van der Waals surface area contributed by atoms with Gasteiger partial charge in [0.15, 0.2) is 5.75 Å². The molecule has 1 saturated heterocycles. The zero-order chi connectivity index (χ0) is 33.0. The number of halogens is 6. The molecule has 1 aromatic heterocycles. The maximum Gasteiger partial charge on any atom is 0.573 e. The third kappa shape index (κ3) is 6.12. The van der Waals surface area contributed by atoms with Crippen LogP contribution in [0, 0.1) is 0 Å². The molecule has 3 aliphatic rings. The van der Waals surface area contributed by atoms with E-state index < -0.39 is 53.0 Å². The molecular weight excluding hydrogens is 622 g/mol. The molecule has 3 heterocycles. The molecule has 1 spiro atoms. The molecule has 0 bridgehead atoms. The van der Waals surface area contributed by atoms with E-state index in [0.29, 0.717) is 37.4 Å². The topological polar surface area (TPSA) is 109 Å². The van der Waals surface area contributed by atoms with E-state index >= 15 is 0 Å². The van der Waals surface area contributed by atoms with Crippen LogP contribution in [0.4, 0.5) is 38.0 Å². The fourth-order valence-electron chi connectivity index (χ4n) is 5.81. The summed E-state index contributed by atoms with van der Waals surface area (Å²) >= 11 is 0. The number of nitrogens with one attached hydrogen (secondary N) is 2. The predicted molar refractivity (Wildman–Crippen MR) is 151 cm³/mol. The van der Waals surface area contributed by atoms with Gasteiger partial charge >= 0.3 is 12.5 Å². The smallest absolute Gasteiger partial charge is 0.437 e. The van der Waals surface area contributed by atoms with Crippen LogP contribution in [0.2, 0.25) is 0 Å². The van der Waals surface area contributed by atoms with E-state index in [-0.39, 0.29) is 28.6 Å². The number of carbonyl (C=O) groups excluding carboxylic acids is 2. The summed E-state index contributed by atoms with van der Waals surface area (Å²) in [5.41, 5.74) is -1.66. The number of hydrogen-bond acceptors (Lipinski definition) is 8. The fourth-order valence-corrected chi connectivity index (χ4v) is 5.81. The van der Waals surface area contributed by atoms with Gasteiger partial charge in [-0.15, -0.1) is 13.2 Å². The van der Waals surface area contributed by atoms with E-state index in [0.717, 1.165) is 25.2 Å². The molecule has 0 unspecified atom stereocenters. The Bertz CT molecular complexity index is 1690. The molecule has 10 nitrogen and oxygen atoms in total. The number of nitrogens with zero attached hydrogens (tertiary/aromatic N) is 4. The number of benzene rings is 2. The van der Waals surface area contributed by atoms with Gasteiger partial charge in [-0.2, -0.15) is 18.2 Å². The van der Waals surface area contributed by atoms with E-state index in [4.69, 9.17) is 4.74 Å². The molecule has 244 valence electrons. The number of carbonyl (C=O) groups is 2. The molecule has 1 aliphatic carbocycles. The van der Waals surface area contributed by atoms with Gasteiger partial charge in [0.2, 0.25) is 11.8 Å². The Kier molecular flexibility index (Phi) is 7.73. The third-order valence-corrected chi connectivity index (χ3v) is 8.45. The first kappa shape index (κ1) is 31.4. The summed E-state index contributed by atoms with van der Waals surface area (Å²) in [6.07, 6.45) is -7.00. The van der Waals surface area contributed by atoms with Crippen LogP contribution < -0.4 is 20.1 Å². The average Bonchev–Trinajstić information content (AvgIpc) is 3.76. The lowest BCUT2D eigenvalue weighted by Gasteiger charge is -2.29. The number of hydrogen-bond donors (Lipinski definition) is 2. The Morgan fingerprint density at radius 2 is 1.74 bits per heavy atom. The lowest BCUT2D eigenvalue weighted by Crippen LogP contribution is -2.43. The van der Waals surface area contributed by atoms with E-state index in [1.807, 2.05) is 7.05 Å². The van der Waals surface area contributed by atoms with Gasteiger partial charge in [-0.1, -0.05) is 12.1 Å². The van der Waals surface area contributed by atoms with Gasteiger partial charge < -0.3 is 29.9 Å². The quantitative estimate of drug-likeness (QED) is 0.308. The minimum atomic E-state index is -5.17. The average molecular weight is 651 g/mol. The summed E-state index contributed by atoms with van der Waals surface area (Å²) in [4.78, 5) is 37.0. The van der Waals surface area contributed by atoms with Crippen molar-refractivity contribution in [3.8, 4) is 17.4 Å². The fraction of sp³-hybridized carbons (Fsp3) is 0.400. The molecule has 1 saturated carbocycles. The molecule has 6 rings (SSSR count). The Morgan fingerprint density at radius 3 is 2.39 bits per heavy atom. The monoisotopic (exact) mass is 650 g/mol. The van der Waals surface area contributed by atoms with Crippen molar-refractivity contribution in [1.82, 2.24) is 25.1 Å². The Balaban J connectivity index is 1.30. The van der Waals surface area contributed by atoms with E-state index in [1.54, 1.807) is 19.2 Å². The van der Waals surface area contributed by atoms with E-state index in [2.05, 4.69) is 30.2 Å². The number of likely N-dealkylation sites (tertiary alicyclic amines) is 1.